The molecule has 0 saturated carbocycles. The van der Waals surface area contributed by atoms with Crippen LogP contribution in [0.2, 0.25) is 0 Å². The van der Waals surface area contributed by atoms with Crippen LogP contribution in [0.1, 0.15) is 11.1 Å². The van der Waals surface area contributed by atoms with E-state index >= 15 is 0 Å². The fourth-order valence-corrected chi connectivity index (χ4v) is 1.85. The van der Waals surface area contributed by atoms with Crippen molar-refractivity contribution in [1.29, 1.82) is 0 Å². The zero-order chi connectivity index (χ0) is 11.4. The molecular weight excluding hydrogens is 256 g/mol. The first-order chi connectivity index (χ1) is 7.02. The molecule has 0 aliphatic rings. The first kappa shape index (κ1) is 11.7. The summed E-state index contributed by atoms with van der Waals surface area (Å²) in [5.74, 6) is -1.01. The molecule has 0 aromatic heterocycles. The minimum Gasteiger partial charge on any atom is -0.478 e. The zero-order valence-corrected chi connectivity index (χ0v) is 9.91. The summed E-state index contributed by atoms with van der Waals surface area (Å²) >= 11 is 3.34. The number of hydrogen-bond acceptors (Lipinski definition) is 1. The topological polar surface area (TPSA) is 37.3 Å². The molecule has 1 aromatic rings. The lowest BCUT2D eigenvalue weighted by atomic mass is 10.1. The maximum absolute atomic E-state index is 10.6. The largest absolute Gasteiger partial charge is 0.478 e. The van der Waals surface area contributed by atoms with Crippen LogP contribution in [0.4, 0.5) is 0 Å². The maximum atomic E-state index is 10.6. The van der Waals surface area contributed by atoms with Crippen LogP contribution in [-0.4, -0.2) is 11.1 Å². The van der Waals surface area contributed by atoms with E-state index < -0.39 is 5.97 Å². The second-order valence-electron chi connectivity index (χ2n) is 3.14. The zero-order valence-electron chi connectivity index (χ0n) is 8.33. The molecule has 3 heteroatoms. The molecule has 0 unspecified atom stereocenters. The Bertz CT molecular complexity index is 433. The molecule has 0 bridgehead atoms. The highest BCUT2D eigenvalue weighted by molar-refractivity contribution is 9.15. The molecule has 15 heavy (non-hydrogen) atoms. The summed E-state index contributed by atoms with van der Waals surface area (Å²) in [6, 6.07) is 7.73. The molecule has 0 radical (unpaired) electrons. The molecule has 0 aliphatic carbocycles. The summed E-state index contributed by atoms with van der Waals surface area (Å²) < 4.78 is 0.730. The van der Waals surface area contributed by atoms with Gasteiger partial charge < -0.3 is 5.11 Å². The highest BCUT2D eigenvalue weighted by Gasteiger charge is 2.04. The van der Waals surface area contributed by atoms with Crippen LogP contribution in [0.15, 0.2) is 42.5 Å². The Morgan fingerprint density at radius 3 is 2.60 bits per heavy atom. The Morgan fingerprint density at radius 2 is 2.07 bits per heavy atom. The molecule has 0 fully saturated rings. The first-order valence-corrected chi connectivity index (χ1v) is 5.17. The minimum atomic E-state index is -1.01. The summed E-state index contributed by atoms with van der Waals surface area (Å²) in [6.45, 7) is 5.41. The molecule has 1 aromatic carbocycles. The van der Waals surface area contributed by atoms with Gasteiger partial charge in [0.1, 0.15) is 0 Å². The number of benzene rings is 1. The van der Waals surface area contributed by atoms with Gasteiger partial charge in [-0.2, -0.15) is 0 Å². The van der Waals surface area contributed by atoms with Gasteiger partial charge in [0.2, 0.25) is 0 Å². The lowest BCUT2D eigenvalue weighted by molar-refractivity contribution is -0.132. The normalized spacial score (nSPS) is 11.2. The standard InChI is InChI=1S/C12H11BrO2/c1-8-5-3-4-6-10(8)11(13)7-9(2)12(14)15/h3-7H,2H2,1H3,(H,14,15)/b11-7+. The van der Waals surface area contributed by atoms with E-state index in [0.717, 1.165) is 15.6 Å². The lowest BCUT2D eigenvalue weighted by Crippen LogP contribution is -1.96. The van der Waals surface area contributed by atoms with Crippen molar-refractivity contribution < 1.29 is 9.90 Å². The molecular formula is C12H11BrO2. The summed E-state index contributed by atoms with van der Waals surface area (Å²) in [4.78, 5) is 10.6. The Labute approximate surface area is 97.1 Å². The van der Waals surface area contributed by atoms with Crippen molar-refractivity contribution in [2.75, 3.05) is 0 Å². The molecule has 2 nitrogen and oxygen atoms in total. The van der Waals surface area contributed by atoms with Crippen LogP contribution in [0.3, 0.4) is 0 Å². The van der Waals surface area contributed by atoms with Gasteiger partial charge in [0.15, 0.2) is 0 Å². The van der Waals surface area contributed by atoms with Crippen LogP contribution < -0.4 is 0 Å². The fraction of sp³-hybridized carbons (Fsp3) is 0.0833. The minimum absolute atomic E-state index is 0.0603. The summed E-state index contributed by atoms with van der Waals surface area (Å²) in [5.41, 5.74) is 2.11. The molecule has 0 atom stereocenters. The Balaban J connectivity index is 3.05. The fourth-order valence-electron chi connectivity index (χ4n) is 1.13. The van der Waals surface area contributed by atoms with Gasteiger partial charge in [0.25, 0.3) is 0 Å². The van der Waals surface area contributed by atoms with E-state index in [1.54, 1.807) is 0 Å². The number of aryl methyl sites for hydroxylation is 1. The average molecular weight is 267 g/mol. The number of aliphatic carboxylic acids is 1. The molecule has 0 amide bonds. The lowest BCUT2D eigenvalue weighted by Gasteiger charge is -2.03. The van der Waals surface area contributed by atoms with Gasteiger partial charge in [-0.3, -0.25) is 0 Å². The summed E-state index contributed by atoms with van der Waals surface area (Å²) in [7, 11) is 0. The van der Waals surface area contributed by atoms with E-state index in [1.807, 2.05) is 31.2 Å². The van der Waals surface area contributed by atoms with Crippen molar-refractivity contribution in [3.05, 3.63) is 53.6 Å². The average Bonchev–Trinajstić information content (AvgIpc) is 2.18. The van der Waals surface area contributed by atoms with Gasteiger partial charge in [-0.25, -0.2) is 4.79 Å². The van der Waals surface area contributed by atoms with Gasteiger partial charge in [0.05, 0.1) is 5.57 Å². The second kappa shape index (κ2) is 4.94. The number of halogens is 1. The Hall–Kier alpha value is -1.35. The second-order valence-corrected chi connectivity index (χ2v) is 3.99. The van der Waals surface area contributed by atoms with Crippen molar-refractivity contribution in [3.63, 3.8) is 0 Å². The Kier molecular flexibility index (Phi) is 3.86. The molecule has 1 rings (SSSR count). The van der Waals surface area contributed by atoms with Crippen LogP contribution in [-0.2, 0) is 4.79 Å². The molecule has 0 heterocycles. The highest BCUT2D eigenvalue weighted by atomic mass is 79.9. The van der Waals surface area contributed by atoms with Crippen LogP contribution in [0, 0.1) is 6.92 Å². The van der Waals surface area contributed by atoms with Gasteiger partial charge in [-0.1, -0.05) is 46.8 Å². The molecule has 1 N–H and O–H groups in total. The third kappa shape index (κ3) is 3.06. The van der Waals surface area contributed by atoms with Gasteiger partial charge in [0, 0.05) is 4.48 Å². The number of hydrogen-bond donors (Lipinski definition) is 1. The molecule has 0 saturated heterocycles. The third-order valence-electron chi connectivity index (χ3n) is 1.98. The van der Waals surface area contributed by atoms with Gasteiger partial charge in [-0.05, 0) is 24.1 Å². The van der Waals surface area contributed by atoms with E-state index in [-0.39, 0.29) is 5.57 Å². The number of rotatable bonds is 3. The van der Waals surface area contributed by atoms with Crippen LogP contribution in [0.25, 0.3) is 4.48 Å². The predicted molar refractivity (Wildman–Crippen MR) is 64.9 cm³/mol. The highest BCUT2D eigenvalue weighted by Crippen LogP contribution is 2.25. The predicted octanol–water partition coefficient (Wildman–Crippen LogP) is 3.37. The number of carboxylic acids is 1. The molecule has 78 valence electrons. The number of carboxylic acid groups (broad SMARTS) is 1. The van der Waals surface area contributed by atoms with E-state index in [9.17, 15) is 4.79 Å². The van der Waals surface area contributed by atoms with E-state index in [2.05, 4.69) is 22.5 Å². The SMILES string of the molecule is C=C(/C=C(/Br)c1ccccc1C)C(=O)O. The number of carbonyl (C=O) groups is 1. The monoisotopic (exact) mass is 266 g/mol. The van der Waals surface area contributed by atoms with Crippen molar-refractivity contribution >= 4 is 26.4 Å². The first-order valence-electron chi connectivity index (χ1n) is 4.37. The van der Waals surface area contributed by atoms with Crippen molar-refractivity contribution in [2.45, 2.75) is 6.92 Å². The quantitative estimate of drug-likeness (QED) is 0.673. The Morgan fingerprint density at radius 1 is 1.47 bits per heavy atom. The molecule has 0 spiro atoms. The van der Waals surface area contributed by atoms with Crippen LogP contribution in [0.5, 0.6) is 0 Å². The van der Waals surface area contributed by atoms with Gasteiger partial charge >= 0.3 is 5.97 Å². The van der Waals surface area contributed by atoms with Crippen molar-refractivity contribution in [1.82, 2.24) is 0 Å². The van der Waals surface area contributed by atoms with E-state index in [1.165, 1.54) is 6.08 Å². The van der Waals surface area contributed by atoms with Crippen molar-refractivity contribution in [3.8, 4) is 0 Å². The summed E-state index contributed by atoms with van der Waals surface area (Å²) in [6.07, 6.45) is 1.50. The smallest absolute Gasteiger partial charge is 0.335 e. The van der Waals surface area contributed by atoms with Crippen LogP contribution >= 0.6 is 15.9 Å². The van der Waals surface area contributed by atoms with E-state index in [0.29, 0.717) is 0 Å². The summed E-state index contributed by atoms with van der Waals surface area (Å²) in [5, 5.41) is 8.68. The molecule has 0 aliphatic heterocycles. The third-order valence-corrected chi connectivity index (χ3v) is 2.63. The van der Waals surface area contributed by atoms with E-state index in [4.69, 9.17) is 5.11 Å². The maximum Gasteiger partial charge on any atom is 0.335 e. The van der Waals surface area contributed by atoms with Gasteiger partial charge in [-0.15, -0.1) is 0 Å². The van der Waals surface area contributed by atoms with Crippen molar-refractivity contribution in [2.24, 2.45) is 0 Å².